The van der Waals surface area contributed by atoms with Gasteiger partial charge in [-0.2, -0.15) is 0 Å². The summed E-state index contributed by atoms with van der Waals surface area (Å²) in [5.41, 5.74) is 2.01. The van der Waals surface area contributed by atoms with Crippen molar-refractivity contribution in [1.82, 2.24) is 4.98 Å². The molecule has 1 aromatic heterocycles. The molecular formula is C20H15F2N3O2S. The highest BCUT2D eigenvalue weighted by molar-refractivity contribution is 7.14. The fraction of sp³-hybridized carbons (Fsp3) is 0.0500. The summed E-state index contributed by atoms with van der Waals surface area (Å²) in [6.07, 6.45) is 2.87. The van der Waals surface area contributed by atoms with Crippen molar-refractivity contribution in [1.29, 1.82) is 0 Å². The lowest BCUT2D eigenvalue weighted by molar-refractivity contribution is -0.114. The number of hydrogen-bond donors (Lipinski definition) is 2. The van der Waals surface area contributed by atoms with E-state index < -0.39 is 11.7 Å². The molecule has 0 fully saturated rings. The Labute approximate surface area is 163 Å². The Balaban J connectivity index is 1.73. The summed E-state index contributed by atoms with van der Waals surface area (Å²) in [5.74, 6) is -1.56. The van der Waals surface area contributed by atoms with Crippen LogP contribution in [0.25, 0.3) is 17.3 Å². The number of amides is 2. The van der Waals surface area contributed by atoms with Gasteiger partial charge in [0.25, 0.3) is 0 Å². The van der Waals surface area contributed by atoms with Crippen LogP contribution in [0.4, 0.5) is 19.6 Å². The monoisotopic (exact) mass is 399 g/mol. The minimum Gasteiger partial charge on any atom is -0.326 e. The topological polar surface area (TPSA) is 71.1 Å². The summed E-state index contributed by atoms with van der Waals surface area (Å²) >= 11 is 1.20. The van der Waals surface area contributed by atoms with Crippen LogP contribution >= 0.6 is 11.3 Å². The van der Waals surface area contributed by atoms with Gasteiger partial charge in [-0.05, 0) is 42.0 Å². The van der Waals surface area contributed by atoms with Gasteiger partial charge < -0.3 is 5.32 Å². The first-order chi connectivity index (χ1) is 13.4. The first kappa shape index (κ1) is 19.4. The number of aromatic nitrogens is 1. The lowest BCUT2D eigenvalue weighted by Crippen LogP contribution is -2.08. The van der Waals surface area contributed by atoms with Gasteiger partial charge in [0.2, 0.25) is 11.8 Å². The first-order valence-electron chi connectivity index (χ1n) is 8.18. The van der Waals surface area contributed by atoms with Gasteiger partial charge in [0, 0.05) is 23.9 Å². The fourth-order valence-corrected chi connectivity index (χ4v) is 3.09. The van der Waals surface area contributed by atoms with Gasteiger partial charge in [0.1, 0.15) is 11.6 Å². The van der Waals surface area contributed by atoms with E-state index in [0.29, 0.717) is 27.6 Å². The molecule has 0 spiro atoms. The maximum atomic E-state index is 13.5. The molecule has 2 aromatic carbocycles. The van der Waals surface area contributed by atoms with Crippen LogP contribution in [0.3, 0.4) is 0 Å². The van der Waals surface area contributed by atoms with Crippen LogP contribution in [0.2, 0.25) is 0 Å². The maximum absolute atomic E-state index is 13.5. The van der Waals surface area contributed by atoms with Crippen LogP contribution in [0.5, 0.6) is 0 Å². The molecule has 0 aliphatic carbocycles. The van der Waals surface area contributed by atoms with Crippen LogP contribution in [0.15, 0.2) is 53.9 Å². The zero-order valence-corrected chi connectivity index (χ0v) is 15.5. The molecule has 8 heteroatoms. The highest BCUT2D eigenvalue weighted by Gasteiger charge is 2.12. The maximum Gasteiger partial charge on any atom is 0.250 e. The Hall–Kier alpha value is -3.39. The van der Waals surface area contributed by atoms with Crippen LogP contribution in [-0.4, -0.2) is 16.8 Å². The zero-order valence-electron chi connectivity index (χ0n) is 14.7. The van der Waals surface area contributed by atoms with Crippen LogP contribution < -0.4 is 10.6 Å². The smallest absolute Gasteiger partial charge is 0.250 e. The van der Waals surface area contributed by atoms with Gasteiger partial charge in [-0.3, -0.25) is 14.9 Å². The molecule has 142 valence electrons. The number of halogens is 2. The van der Waals surface area contributed by atoms with E-state index in [1.165, 1.54) is 54.7 Å². The molecule has 0 saturated heterocycles. The summed E-state index contributed by atoms with van der Waals surface area (Å²) in [4.78, 5) is 27.7. The van der Waals surface area contributed by atoms with Crippen LogP contribution in [0.1, 0.15) is 12.5 Å². The van der Waals surface area contributed by atoms with E-state index in [0.717, 1.165) is 0 Å². The van der Waals surface area contributed by atoms with Crippen molar-refractivity contribution >= 4 is 40.0 Å². The molecule has 0 radical (unpaired) electrons. The molecule has 2 N–H and O–H groups in total. The normalized spacial score (nSPS) is 10.8. The van der Waals surface area contributed by atoms with Crippen molar-refractivity contribution < 1.29 is 18.4 Å². The molecule has 0 unspecified atom stereocenters. The number of hydrogen-bond acceptors (Lipinski definition) is 4. The SMILES string of the molecule is CC(=O)Nc1cc(F)ccc1-c1csc(NC(=O)/C=C/c2ccc(F)cc2)n1. The molecule has 0 bridgehead atoms. The molecule has 3 aromatic rings. The summed E-state index contributed by atoms with van der Waals surface area (Å²) in [5, 5.41) is 7.24. The van der Waals surface area contributed by atoms with Crippen molar-refractivity contribution in [3.8, 4) is 11.3 Å². The fourth-order valence-electron chi connectivity index (χ4n) is 2.38. The lowest BCUT2D eigenvalue weighted by Gasteiger charge is -2.08. The predicted octanol–water partition coefficient (Wildman–Crippen LogP) is 4.70. The predicted molar refractivity (Wildman–Crippen MR) is 106 cm³/mol. The largest absolute Gasteiger partial charge is 0.326 e. The highest BCUT2D eigenvalue weighted by atomic mass is 32.1. The number of rotatable bonds is 5. The minimum atomic E-state index is -0.484. The van der Waals surface area contributed by atoms with Crippen LogP contribution in [-0.2, 0) is 9.59 Å². The Kier molecular flexibility index (Phi) is 5.90. The van der Waals surface area contributed by atoms with Crippen molar-refractivity contribution in [2.75, 3.05) is 10.6 Å². The van der Waals surface area contributed by atoms with Gasteiger partial charge in [0.05, 0.1) is 11.4 Å². The average Bonchev–Trinajstić information content (AvgIpc) is 3.09. The standard InChI is InChI=1S/C20H15F2N3O2S/c1-12(26)23-17-10-15(22)7-8-16(17)18-11-28-20(24-18)25-19(27)9-4-13-2-5-14(21)6-3-13/h2-11H,1H3,(H,23,26)(H,24,25,27)/b9-4+. The van der Waals surface area contributed by atoms with Crippen molar-refractivity contribution in [2.45, 2.75) is 6.92 Å². The Morgan fingerprint density at radius 3 is 2.46 bits per heavy atom. The van der Waals surface area contributed by atoms with Crippen molar-refractivity contribution in [3.63, 3.8) is 0 Å². The van der Waals surface area contributed by atoms with Crippen molar-refractivity contribution in [2.24, 2.45) is 0 Å². The van der Waals surface area contributed by atoms with E-state index in [9.17, 15) is 18.4 Å². The average molecular weight is 399 g/mol. The summed E-state index contributed by atoms with van der Waals surface area (Å²) in [6.45, 7) is 1.33. The third-order valence-electron chi connectivity index (χ3n) is 3.60. The number of carbonyl (C=O) groups is 2. The Bertz CT molecular complexity index is 1050. The van der Waals surface area contributed by atoms with Crippen LogP contribution in [0, 0.1) is 11.6 Å². The minimum absolute atomic E-state index is 0.298. The second kappa shape index (κ2) is 8.53. The van der Waals surface area contributed by atoms with E-state index in [1.807, 2.05) is 0 Å². The summed E-state index contributed by atoms with van der Waals surface area (Å²) in [7, 11) is 0. The van der Waals surface area contributed by atoms with E-state index in [4.69, 9.17) is 0 Å². The van der Waals surface area contributed by atoms with Gasteiger partial charge in [-0.15, -0.1) is 11.3 Å². The number of nitrogens with zero attached hydrogens (tertiary/aromatic N) is 1. The van der Waals surface area contributed by atoms with Gasteiger partial charge in [0.15, 0.2) is 5.13 Å². The number of benzene rings is 2. The zero-order chi connectivity index (χ0) is 20.1. The Morgan fingerprint density at radius 1 is 1.04 bits per heavy atom. The van der Waals surface area contributed by atoms with E-state index in [1.54, 1.807) is 23.6 Å². The molecule has 2 amide bonds. The molecule has 0 aliphatic heterocycles. The molecule has 0 saturated carbocycles. The number of anilines is 2. The van der Waals surface area contributed by atoms with Gasteiger partial charge >= 0.3 is 0 Å². The quantitative estimate of drug-likeness (QED) is 0.611. The molecular weight excluding hydrogens is 384 g/mol. The molecule has 3 rings (SSSR count). The Morgan fingerprint density at radius 2 is 1.75 bits per heavy atom. The first-order valence-corrected chi connectivity index (χ1v) is 9.06. The third-order valence-corrected chi connectivity index (χ3v) is 4.36. The number of carbonyl (C=O) groups excluding carboxylic acids is 2. The molecule has 0 atom stereocenters. The van der Waals surface area contributed by atoms with E-state index in [2.05, 4.69) is 15.6 Å². The highest BCUT2D eigenvalue weighted by Crippen LogP contribution is 2.31. The van der Waals surface area contributed by atoms with E-state index >= 15 is 0 Å². The summed E-state index contributed by atoms with van der Waals surface area (Å²) < 4.78 is 26.4. The molecule has 28 heavy (non-hydrogen) atoms. The molecule has 0 aliphatic rings. The molecule has 1 heterocycles. The third kappa shape index (κ3) is 5.08. The van der Waals surface area contributed by atoms with Gasteiger partial charge in [-0.25, -0.2) is 13.8 Å². The second-order valence-electron chi connectivity index (χ2n) is 5.78. The molecule has 5 nitrogen and oxygen atoms in total. The van der Waals surface area contributed by atoms with E-state index in [-0.39, 0.29) is 11.7 Å². The lowest BCUT2D eigenvalue weighted by atomic mass is 10.1. The van der Waals surface area contributed by atoms with Crippen molar-refractivity contribution in [3.05, 3.63) is 71.1 Å². The number of thiazole rings is 1. The summed E-state index contributed by atoms with van der Waals surface area (Å²) in [6, 6.07) is 9.70. The second-order valence-corrected chi connectivity index (χ2v) is 6.64. The van der Waals surface area contributed by atoms with Gasteiger partial charge in [-0.1, -0.05) is 12.1 Å². The number of nitrogens with one attached hydrogen (secondary N) is 2.